The molecule has 1 aromatic rings. The Labute approximate surface area is 97.8 Å². The number of aryl methyl sites for hydroxylation is 1. The smallest absolute Gasteiger partial charge is 0.133 e. The molecule has 0 saturated heterocycles. The van der Waals surface area contributed by atoms with E-state index in [9.17, 15) is 9.18 Å². The second-order valence-corrected chi connectivity index (χ2v) is 4.44. The predicted molar refractivity (Wildman–Crippen MR) is 62.3 cm³/mol. The van der Waals surface area contributed by atoms with Crippen molar-refractivity contribution in [3.05, 3.63) is 34.1 Å². The zero-order valence-electron chi connectivity index (χ0n) is 8.72. The summed E-state index contributed by atoms with van der Waals surface area (Å²) < 4.78 is 14.1. The molecule has 0 aliphatic heterocycles. The molecule has 0 unspecified atom stereocenters. The van der Waals surface area contributed by atoms with Gasteiger partial charge < -0.3 is 0 Å². The summed E-state index contributed by atoms with van der Waals surface area (Å²) in [5, 5.41) is 0. The lowest BCUT2D eigenvalue weighted by Crippen LogP contribution is -2.00. The maximum Gasteiger partial charge on any atom is 0.133 e. The molecule has 0 amide bonds. The van der Waals surface area contributed by atoms with Gasteiger partial charge in [0, 0.05) is 17.3 Å². The van der Waals surface area contributed by atoms with Gasteiger partial charge in [0.1, 0.15) is 11.6 Å². The topological polar surface area (TPSA) is 17.1 Å². The van der Waals surface area contributed by atoms with E-state index in [1.54, 1.807) is 12.1 Å². The Morgan fingerprint density at radius 3 is 2.73 bits per heavy atom. The van der Waals surface area contributed by atoms with Crippen LogP contribution in [-0.2, 0) is 11.2 Å². The van der Waals surface area contributed by atoms with Gasteiger partial charge in [0.15, 0.2) is 0 Å². The average Bonchev–Trinajstić information content (AvgIpc) is 2.17. The van der Waals surface area contributed by atoms with Crippen LogP contribution in [0.1, 0.15) is 31.7 Å². The van der Waals surface area contributed by atoms with Gasteiger partial charge in [-0.2, -0.15) is 0 Å². The van der Waals surface area contributed by atoms with E-state index < -0.39 is 0 Å². The minimum atomic E-state index is -0.242. The molecular formula is C12H14BrFO. The Hall–Kier alpha value is -0.700. The minimum absolute atomic E-state index is 0.208. The van der Waals surface area contributed by atoms with E-state index in [1.165, 1.54) is 6.07 Å². The number of halogens is 2. The standard InChI is InChI=1S/C12H14BrFO/c1-2-3-11(15)7-5-9-4-6-10(13)8-12(9)14/h4,6,8H,2-3,5,7H2,1H3. The van der Waals surface area contributed by atoms with Crippen molar-refractivity contribution >= 4 is 21.7 Å². The third-order valence-corrected chi connectivity index (χ3v) is 2.71. The van der Waals surface area contributed by atoms with Crippen molar-refractivity contribution in [3.63, 3.8) is 0 Å². The minimum Gasteiger partial charge on any atom is -0.300 e. The predicted octanol–water partition coefficient (Wildman–Crippen LogP) is 3.89. The SMILES string of the molecule is CCCC(=O)CCc1ccc(Br)cc1F. The molecule has 0 radical (unpaired) electrons. The first-order valence-electron chi connectivity index (χ1n) is 5.09. The second kappa shape index (κ2) is 6.01. The molecule has 1 nitrogen and oxygen atoms in total. The lowest BCUT2D eigenvalue weighted by molar-refractivity contribution is -0.119. The van der Waals surface area contributed by atoms with Crippen molar-refractivity contribution in [2.45, 2.75) is 32.6 Å². The second-order valence-electron chi connectivity index (χ2n) is 3.52. The third-order valence-electron chi connectivity index (χ3n) is 2.22. The number of rotatable bonds is 5. The van der Waals surface area contributed by atoms with E-state index in [2.05, 4.69) is 15.9 Å². The largest absolute Gasteiger partial charge is 0.300 e. The highest BCUT2D eigenvalue weighted by Gasteiger charge is 2.05. The van der Waals surface area contributed by atoms with Crippen LogP contribution in [0.2, 0.25) is 0 Å². The molecule has 3 heteroatoms. The Morgan fingerprint density at radius 1 is 1.40 bits per heavy atom. The number of carbonyl (C=O) groups is 1. The Morgan fingerprint density at radius 2 is 2.13 bits per heavy atom. The molecule has 1 rings (SSSR count). The first-order valence-corrected chi connectivity index (χ1v) is 5.88. The summed E-state index contributed by atoms with van der Waals surface area (Å²) in [7, 11) is 0. The molecule has 0 heterocycles. The maximum absolute atomic E-state index is 13.3. The number of hydrogen-bond acceptors (Lipinski definition) is 1. The summed E-state index contributed by atoms with van der Waals surface area (Å²) in [6, 6.07) is 4.95. The summed E-state index contributed by atoms with van der Waals surface area (Å²) in [6.45, 7) is 1.97. The molecule has 0 aliphatic rings. The fourth-order valence-corrected chi connectivity index (χ4v) is 1.74. The van der Waals surface area contributed by atoms with Gasteiger partial charge in [0.2, 0.25) is 0 Å². The van der Waals surface area contributed by atoms with E-state index in [1.807, 2.05) is 6.92 Å². The molecule has 0 aromatic heterocycles. The molecule has 0 saturated carbocycles. The summed E-state index contributed by atoms with van der Waals surface area (Å²) in [6.07, 6.45) is 2.39. The molecule has 0 fully saturated rings. The Kier molecular flexibility index (Phi) is 4.95. The van der Waals surface area contributed by atoms with Gasteiger partial charge in [0.05, 0.1) is 0 Å². The lowest BCUT2D eigenvalue weighted by atomic mass is 10.1. The van der Waals surface area contributed by atoms with Crippen LogP contribution in [-0.4, -0.2) is 5.78 Å². The van der Waals surface area contributed by atoms with Gasteiger partial charge in [-0.15, -0.1) is 0 Å². The molecule has 0 aliphatic carbocycles. The normalized spacial score (nSPS) is 10.3. The van der Waals surface area contributed by atoms with Crippen molar-refractivity contribution in [1.82, 2.24) is 0 Å². The average molecular weight is 273 g/mol. The van der Waals surface area contributed by atoms with Gasteiger partial charge in [-0.1, -0.05) is 28.9 Å². The highest BCUT2D eigenvalue weighted by molar-refractivity contribution is 9.10. The fraction of sp³-hybridized carbons (Fsp3) is 0.417. The summed E-state index contributed by atoms with van der Waals surface area (Å²) in [5.74, 6) is -0.0338. The third kappa shape index (κ3) is 4.12. The van der Waals surface area contributed by atoms with Gasteiger partial charge in [0.25, 0.3) is 0 Å². The monoisotopic (exact) mass is 272 g/mol. The molecular weight excluding hydrogens is 259 g/mol. The van der Waals surface area contributed by atoms with E-state index in [4.69, 9.17) is 0 Å². The van der Waals surface area contributed by atoms with Gasteiger partial charge in [-0.3, -0.25) is 4.79 Å². The fourth-order valence-electron chi connectivity index (χ4n) is 1.40. The quantitative estimate of drug-likeness (QED) is 0.795. The van der Waals surface area contributed by atoms with Gasteiger partial charge >= 0.3 is 0 Å². The first-order chi connectivity index (χ1) is 7.13. The van der Waals surface area contributed by atoms with Crippen LogP contribution in [0.5, 0.6) is 0 Å². The van der Waals surface area contributed by atoms with Crippen molar-refractivity contribution in [2.75, 3.05) is 0 Å². The van der Waals surface area contributed by atoms with Crippen LogP contribution >= 0.6 is 15.9 Å². The number of carbonyl (C=O) groups excluding carboxylic acids is 1. The van der Waals surface area contributed by atoms with Crippen molar-refractivity contribution in [2.24, 2.45) is 0 Å². The van der Waals surface area contributed by atoms with Gasteiger partial charge in [-0.05, 0) is 30.5 Å². The van der Waals surface area contributed by atoms with E-state index in [0.29, 0.717) is 24.8 Å². The summed E-state index contributed by atoms with van der Waals surface area (Å²) in [5.41, 5.74) is 0.614. The highest BCUT2D eigenvalue weighted by atomic mass is 79.9. The van der Waals surface area contributed by atoms with Crippen molar-refractivity contribution in [3.8, 4) is 0 Å². The van der Waals surface area contributed by atoms with E-state index >= 15 is 0 Å². The molecule has 0 N–H and O–H groups in total. The Bertz CT molecular complexity index is 349. The maximum atomic E-state index is 13.3. The number of ketones is 1. The van der Waals surface area contributed by atoms with Crippen LogP contribution in [0, 0.1) is 5.82 Å². The van der Waals surface area contributed by atoms with Crippen molar-refractivity contribution < 1.29 is 9.18 Å². The van der Waals surface area contributed by atoms with Crippen molar-refractivity contribution in [1.29, 1.82) is 0 Å². The highest BCUT2D eigenvalue weighted by Crippen LogP contribution is 2.16. The first kappa shape index (κ1) is 12.4. The zero-order chi connectivity index (χ0) is 11.3. The lowest BCUT2D eigenvalue weighted by Gasteiger charge is -2.02. The molecule has 0 spiro atoms. The molecule has 15 heavy (non-hydrogen) atoms. The van der Waals surface area contributed by atoms with Crippen LogP contribution in [0.3, 0.4) is 0 Å². The zero-order valence-corrected chi connectivity index (χ0v) is 10.3. The number of hydrogen-bond donors (Lipinski definition) is 0. The van der Waals surface area contributed by atoms with Crippen LogP contribution < -0.4 is 0 Å². The summed E-state index contributed by atoms with van der Waals surface area (Å²) >= 11 is 3.19. The summed E-state index contributed by atoms with van der Waals surface area (Å²) in [4.78, 5) is 11.3. The molecule has 0 atom stereocenters. The van der Waals surface area contributed by atoms with Gasteiger partial charge in [-0.25, -0.2) is 4.39 Å². The number of Topliss-reactive ketones (excluding diaryl/α,β-unsaturated/α-hetero) is 1. The van der Waals surface area contributed by atoms with Crippen LogP contribution in [0.25, 0.3) is 0 Å². The van der Waals surface area contributed by atoms with Crippen LogP contribution in [0.15, 0.2) is 22.7 Å². The molecule has 0 bridgehead atoms. The number of benzene rings is 1. The van der Waals surface area contributed by atoms with E-state index in [-0.39, 0.29) is 11.6 Å². The van der Waals surface area contributed by atoms with Crippen LogP contribution in [0.4, 0.5) is 4.39 Å². The molecule has 82 valence electrons. The molecule has 1 aromatic carbocycles. The van der Waals surface area contributed by atoms with E-state index in [0.717, 1.165) is 10.9 Å². The Balaban J connectivity index is 2.54.